The molecule has 0 aliphatic heterocycles. The second-order valence-electron chi connectivity index (χ2n) is 5.27. The summed E-state index contributed by atoms with van der Waals surface area (Å²) in [6.45, 7) is 4.45. The first-order valence-corrected chi connectivity index (χ1v) is 9.57. The van der Waals surface area contributed by atoms with E-state index in [0.717, 1.165) is 12.8 Å². The summed E-state index contributed by atoms with van der Waals surface area (Å²) in [5.74, 6) is 0.144. The standard InChI is InChI=1S/C15H32O3S.Na.H/c1-3-5-6-7-8-9-10-11-12-13-14-18-19(16,17)15-4-2;;/h3-15H2,1-2H3;;. The minimum atomic E-state index is -3.24. The first kappa shape index (κ1) is 23.2. The number of hydrogen-bond donors (Lipinski definition) is 0. The van der Waals surface area contributed by atoms with Gasteiger partial charge in [0, 0.05) is 0 Å². The van der Waals surface area contributed by atoms with E-state index in [0.29, 0.717) is 13.0 Å². The van der Waals surface area contributed by atoms with Crippen LogP contribution in [0.25, 0.3) is 0 Å². The van der Waals surface area contributed by atoms with Crippen molar-refractivity contribution in [2.24, 2.45) is 0 Å². The molecule has 0 radical (unpaired) electrons. The van der Waals surface area contributed by atoms with Gasteiger partial charge in [0.1, 0.15) is 0 Å². The minimum absolute atomic E-state index is 0. The van der Waals surface area contributed by atoms with E-state index in [1.54, 1.807) is 0 Å². The van der Waals surface area contributed by atoms with Crippen LogP contribution in [0.15, 0.2) is 0 Å². The number of rotatable bonds is 14. The molecule has 0 aliphatic rings. The van der Waals surface area contributed by atoms with Gasteiger partial charge in [-0.15, -0.1) is 0 Å². The molecule has 0 aromatic heterocycles. The molecule has 0 atom stereocenters. The van der Waals surface area contributed by atoms with E-state index in [2.05, 4.69) is 6.92 Å². The van der Waals surface area contributed by atoms with Crippen LogP contribution in [0.2, 0.25) is 0 Å². The normalized spacial score (nSPS) is 11.3. The van der Waals surface area contributed by atoms with Crippen molar-refractivity contribution < 1.29 is 12.6 Å². The third-order valence-electron chi connectivity index (χ3n) is 3.21. The van der Waals surface area contributed by atoms with E-state index in [-0.39, 0.29) is 35.3 Å². The maximum atomic E-state index is 11.3. The fraction of sp³-hybridized carbons (Fsp3) is 1.00. The van der Waals surface area contributed by atoms with Crippen LogP contribution in [0, 0.1) is 0 Å². The zero-order valence-electron chi connectivity index (χ0n) is 12.8. The van der Waals surface area contributed by atoms with Gasteiger partial charge >= 0.3 is 29.6 Å². The zero-order chi connectivity index (χ0) is 14.4. The van der Waals surface area contributed by atoms with Crippen molar-refractivity contribution in [1.82, 2.24) is 0 Å². The Labute approximate surface area is 148 Å². The summed E-state index contributed by atoms with van der Waals surface area (Å²) < 4.78 is 27.5. The fourth-order valence-corrected chi connectivity index (χ4v) is 3.07. The van der Waals surface area contributed by atoms with Crippen LogP contribution in [-0.4, -0.2) is 50.3 Å². The van der Waals surface area contributed by atoms with E-state index >= 15 is 0 Å². The average Bonchev–Trinajstić information content (AvgIpc) is 2.36. The Morgan fingerprint density at radius 1 is 0.700 bits per heavy atom. The predicted molar refractivity (Wildman–Crippen MR) is 89.0 cm³/mol. The molecule has 0 amide bonds. The Bertz CT molecular complexity index is 279. The van der Waals surface area contributed by atoms with Gasteiger partial charge < -0.3 is 0 Å². The predicted octanol–water partition coefficient (Wildman–Crippen LogP) is 4.02. The van der Waals surface area contributed by atoms with E-state index in [1.165, 1.54) is 51.4 Å². The van der Waals surface area contributed by atoms with Crippen LogP contribution < -0.4 is 0 Å². The molecule has 0 N–H and O–H groups in total. The first-order valence-electron chi connectivity index (χ1n) is 7.99. The monoisotopic (exact) mass is 316 g/mol. The van der Waals surface area contributed by atoms with Crippen LogP contribution in [0.3, 0.4) is 0 Å². The van der Waals surface area contributed by atoms with Crippen molar-refractivity contribution in [2.75, 3.05) is 12.4 Å². The number of unbranched alkanes of at least 4 members (excludes halogenated alkanes) is 9. The van der Waals surface area contributed by atoms with Crippen LogP contribution in [0.1, 0.15) is 84.5 Å². The molecule has 0 spiro atoms. The summed E-state index contributed by atoms with van der Waals surface area (Å²) >= 11 is 0. The molecule has 0 aliphatic carbocycles. The van der Waals surface area contributed by atoms with Gasteiger partial charge in [0.2, 0.25) is 0 Å². The van der Waals surface area contributed by atoms with Crippen LogP contribution in [-0.2, 0) is 14.3 Å². The summed E-state index contributed by atoms with van der Waals surface area (Å²) in [5.41, 5.74) is 0. The molecule has 20 heavy (non-hydrogen) atoms. The second kappa shape index (κ2) is 16.3. The Morgan fingerprint density at radius 2 is 1.15 bits per heavy atom. The molecule has 0 aromatic carbocycles. The SMILES string of the molecule is CCCCCCCCCCCCOS(=O)(=O)CCC.[NaH]. The summed E-state index contributed by atoms with van der Waals surface area (Å²) in [5, 5.41) is 0. The second-order valence-corrected chi connectivity index (χ2v) is 7.03. The van der Waals surface area contributed by atoms with Crippen LogP contribution in [0.5, 0.6) is 0 Å². The molecule has 118 valence electrons. The van der Waals surface area contributed by atoms with Crippen LogP contribution >= 0.6 is 0 Å². The van der Waals surface area contributed by atoms with Crippen molar-refractivity contribution in [1.29, 1.82) is 0 Å². The molecule has 0 fully saturated rings. The summed E-state index contributed by atoms with van der Waals surface area (Å²) in [7, 11) is -3.24. The van der Waals surface area contributed by atoms with Crippen molar-refractivity contribution >= 4 is 39.7 Å². The number of hydrogen-bond acceptors (Lipinski definition) is 3. The molecule has 0 saturated carbocycles. The Kier molecular flexibility index (Phi) is 18.9. The van der Waals surface area contributed by atoms with Gasteiger partial charge in [-0.2, -0.15) is 8.42 Å². The molecule has 0 rings (SSSR count). The third-order valence-corrected chi connectivity index (χ3v) is 4.65. The quantitative estimate of drug-likeness (QED) is 0.276. The summed E-state index contributed by atoms with van der Waals surface area (Å²) in [6.07, 6.45) is 13.1. The molecule has 3 nitrogen and oxygen atoms in total. The van der Waals surface area contributed by atoms with E-state index in [4.69, 9.17) is 4.18 Å². The topological polar surface area (TPSA) is 43.4 Å². The van der Waals surface area contributed by atoms with Gasteiger partial charge in [-0.1, -0.05) is 71.6 Å². The van der Waals surface area contributed by atoms with Crippen molar-refractivity contribution in [3.8, 4) is 0 Å². The molecular formula is C15H33NaO3S. The van der Waals surface area contributed by atoms with Crippen molar-refractivity contribution in [3.05, 3.63) is 0 Å². The van der Waals surface area contributed by atoms with Gasteiger partial charge in [-0.3, -0.25) is 4.18 Å². The first-order chi connectivity index (χ1) is 9.12. The van der Waals surface area contributed by atoms with Gasteiger partial charge in [-0.25, -0.2) is 0 Å². The molecule has 0 aromatic rings. The third kappa shape index (κ3) is 17.0. The van der Waals surface area contributed by atoms with Gasteiger partial charge in [0.25, 0.3) is 10.1 Å². The molecule has 0 bridgehead atoms. The zero-order valence-corrected chi connectivity index (χ0v) is 13.6. The van der Waals surface area contributed by atoms with Gasteiger partial charge in [-0.05, 0) is 12.8 Å². The molecule has 5 heteroatoms. The van der Waals surface area contributed by atoms with Crippen molar-refractivity contribution in [2.45, 2.75) is 84.5 Å². The summed E-state index contributed by atoms with van der Waals surface area (Å²) in [6, 6.07) is 0. The molecular weight excluding hydrogens is 283 g/mol. The van der Waals surface area contributed by atoms with E-state index < -0.39 is 10.1 Å². The Hall–Kier alpha value is 0.910. The van der Waals surface area contributed by atoms with Crippen LogP contribution in [0.4, 0.5) is 0 Å². The summed E-state index contributed by atoms with van der Waals surface area (Å²) in [4.78, 5) is 0. The molecule has 0 unspecified atom stereocenters. The fourth-order valence-electron chi connectivity index (χ4n) is 2.08. The average molecular weight is 316 g/mol. The van der Waals surface area contributed by atoms with Gasteiger partial charge in [0.05, 0.1) is 12.4 Å². The van der Waals surface area contributed by atoms with E-state index in [9.17, 15) is 8.42 Å². The van der Waals surface area contributed by atoms with Crippen molar-refractivity contribution in [3.63, 3.8) is 0 Å². The Balaban J connectivity index is 0. The van der Waals surface area contributed by atoms with E-state index in [1.807, 2.05) is 6.92 Å². The maximum absolute atomic E-state index is 11.3. The Morgan fingerprint density at radius 3 is 1.60 bits per heavy atom. The molecule has 0 heterocycles. The molecule has 0 saturated heterocycles. The van der Waals surface area contributed by atoms with Gasteiger partial charge in [0.15, 0.2) is 0 Å².